The Hall–Kier alpha value is -1.45. The highest BCUT2D eigenvalue weighted by molar-refractivity contribution is 6.35. The number of aryl methyl sites for hydroxylation is 1. The van der Waals surface area contributed by atoms with E-state index in [4.69, 9.17) is 27.6 Å². The third kappa shape index (κ3) is 2.81. The highest BCUT2D eigenvalue weighted by atomic mass is 35.5. The van der Waals surface area contributed by atoms with E-state index in [0.29, 0.717) is 10.9 Å². The molecule has 0 radical (unpaired) electrons. The van der Waals surface area contributed by atoms with Gasteiger partial charge in [-0.2, -0.15) is 0 Å². The Bertz CT molecular complexity index is 734. The Morgan fingerprint density at radius 2 is 2.14 bits per heavy atom. The van der Waals surface area contributed by atoms with Crippen molar-refractivity contribution in [2.75, 3.05) is 0 Å². The second-order valence-electron chi connectivity index (χ2n) is 5.11. The van der Waals surface area contributed by atoms with Gasteiger partial charge in [0.25, 0.3) is 0 Å². The molecule has 0 aliphatic heterocycles. The number of fused-ring (bicyclic) bond motifs is 1. The van der Waals surface area contributed by atoms with Crippen molar-refractivity contribution in [1.82, 2.24) is 9.55 Å². The van der Waals surface area contributed by atoms with Gasteiger partial charge >= 0.3 is 0 Å². The second-order valence-corrected chi connectivity index (χ2v) is 5.78. The topological polar surface area (TPSA) is 31.0 Å². The molecule has 0 spiro atoms. The van der Waals surface area contributed by atoms with Gasteiger partial charge in [-0.05, 0) is 37.6 Å². The lowest BCUT2D eigenvalue weighted by molar-refractivity contribution is 0.452. The van der Waals surface area contributed by atoms with E-state index in [0.717, 1.165) is 35.5 Å². The van der Waals surface area contributed by atoms with Crippen LogP contribution in [0.5, 0.6) is 0 Å². The summed E-state index contributed by atoms with van der Waals surface area (Å²) < 4.78 is 7.54. The molecule has 3 rings (SSSR count). The number of aromatic nitrogens is 2. The predicted molar refractivity (Wildman–Crippen MR) is 86.0 cm³/mol. The van der Waals surface area contributed by atoms with E-state index in [1.54, 1.807) is 6.26 Å². The van der Waals surface area contributed by atoms with Crippen molar-refractivity contribution in [2.24, 2.45) is 0 Å². The number of hydrogen-bond donors (Lipinski definition) is 0. The third-order valence-corrected chi connectivity index (χ3v) is 4.23. The van der Waals surface area contributed by atoms with Crippen LogP contribution in [0.4, 0.5) is 0 Å². The molecule has 110 valence electrons. The maximum Gasteiger partial charge on any atom is 0.125 e. The minimum atomic E-state index is 0.244. The van der Waals surface area contributed by atoms with Crippen LogP contribution in [-0.2, 0) is 12.3 Å². The molecule has 1 unspecified atom stereocenters. The first-order chi connectivity index (χ1) is 10.2. The fraction of sp³-hybridized carbons (Fsp3) is 0.312. The molecule has 21 heavy (non-hydrogen) atoms. The molecular weight excluding hydrogens is 307 g/mol. The van der Waals surface area contributed by atoms with Crippen molar-refractivity contribution >= 4 is 34.2 Å². The molecule has 5 heteroatoms. The Balaban J connectivity index is 1.94. The monoisotopic (exact) mass is 322 g/mol. The van der Waals surface area contributed by atoms with Gasteiger partial charge < -0.3 is 8.98 Å². The second kappa shape index (κ2) is 6.12. The van der Waals surface area contributed by atoms with Crippen molar-refractivity contribution in [3.63, 3.8) is 0 Å². The van der Waals surface area contributed by atoms with Gasteiger partial charge in [0.2, 0.25) is 0 Å². The van der Waals surface area contributed by atoms with E-state index < -0.39 is 0 Å². The molecule has 0 bridgehead atoms. The Morgan fingerprint density at radius 3 is 2.86 bits per heavy atom. The Morgan fingerprint density at radius 1 is 1.29 bits per heavy atom. The van der Waals surface area contributed by atoms with E-state index in [1.807, 2.05) is 30.3 Å². The maximum atomic E-state index is 6.35. The van der Waals surface area contributed by atoms with Gasteiger partial charge in [-0.3, -0.25) is 0 Å². The van der Waals surface area contributed by atoms with Crippen molar-refractivity contribution in [3.8, 4) is 0 Å². The number of hydrogen-bond acceptors (Lipinski definition) is 2. The summed E-state index contributed by atoms with van der Waals surface area (Å²) in [6.45, 7) is 2.16. The summed E-state index contributed by atoms with van der Waals surface area (Å²) in [4.78, 5) is 4.58. The Kier molecular flexibility index (Phi) is 4.22. The van der Waals surface area contributed by atoms with Crippen LogP contribution in [0, 0.1) is 0 Å². The lowest BCUT2D eigenvalue weighted by Crippen LogP contribution is -2.09. The van der Waals surface area contributed by atoms with Crippen molar-refractivity contribution in [1.29, 1.82) is 0 Å². The molecule has 2 aromatic heterocycles. The van der Waals surface area contributed by atoms with Gasteiger partial charge in [0.05, 0.1) is 28.2 Å². The summed E-state index contributed by atoms with van der Waals surface area (Å²) in [7, 11) is 0. The lowest BCUT2D eigenvalue weighted by Gasteiger charge is -2.17. The average Bonchev–Trinajstić information content (AvgIpc) is 3.12. The Labute approximate surface area is 133 Å². The minimum absolute atomic E-state index is 0.244. The van der Waals surface area contributed by atoms with E-state index >= 15 is 0 Å². The minimum Gasteiger partial charge on any atom is -0.469 e. The fourth-order valence-electron chi connectivity index (χ4n) is 2.66. The van der Waals surface area contributed by atoms with Gasteiger partial charge in [-0.15, -0.1) is 11.6 Å². The summed E-state index contributed by atoms with van der Waals surface area (Å²) in [6, 6.07) is 9.91. The number of benzene rings is 1. The maximum absolute atomic E-state index is 6.35. The molecule has 1 atom stereocenters. The van der Waals surface area contributed by atoms with Crippen molar-refractivity contribution in [2.45, 2.75) is 31.7 Å². The molecule has 0 N–H and O–H groups in total. The highest BCUT2D eigenvalue weighted by Gasteiger charge is 2.17. The zero-order valence-electron chi connectivity index (χ0n) is 11.7. The summed E-state index contributed by atoms with van der Waals surface area (Å²) >= 11 is 12.4. The van der Waals surface area contributed by atoms with E-state index in [2.05, 4.69) is 16.5 Å². The molecule has 0 saturated heterocycles. The molecule has 0 amide bonds. The summed E-state index contributed by atoms with van der Waals surface area (Å²) in [5.74, 6) is 2.22. The third-order valence-electron chi connectivity index (χ3n) is 3.68. The molecule has 0 saturated carbocycles. The number of rotatable bonds is 5. The number of halogens is 2. The fourth-order valence-corrected chi connectivity index (χ4v) is 3.11. The van der Waals surface area contributed by atoms with Gasteiger partial charge in [0.1, 0.15) is 11.6 Å². The quantitative estimate of drug-likeness (QED) is 0.603. The van der Waals surface area contributed by atoms with Crippen LogP contribution >= 0.6 is 23.2 Å². The highest BCUT2D eigenvalue weighted by Crippen LogP contribution is 2.30. The van der Waals surface area contributed by atoms with Crippen LogP contribution < -0.4 is 0 Å². The van der Waals surface area contributed by atoms with Crippen LogP contribution in [0.15, 0.2) is 41.0 Å². The van der Waals surface area contributed by atoms with Crippen LogP contribution in [0.2, 0.25) is 5.02 Å². The average molecular weight is 323 g/mol. The molecule has 2 heterocycles. The van der Waals surface area contributed by atoms with E-state index in [9.17, 15) is 0 Å². The first kappa shape index (κ1) is 14.5. The largest absolute Gasteiger partial charge is 0.469 e. The van der Waals surface area contributed by atoms with E-state index in [-0.39, 0.29) is 6.04 Å². The predicted octanol–water partition coefficient (Wildman–Crippen LogP) is 5.22. The molecule has 3 aromatic rings. The number of nitrogens with zero attached hydrogens (tertiary/aromatic N) is 2. The zero-order chi connectivity index (χ0) is 14.8. The smallest absolute Gasteiger partial charge is 0.125 e. The van der Waals surface area contributed by atoms with Crippen molar-refractivity contribution < 1.29 is 4.42 Å². The van der Waals surface area contributed by atoms with Crippen LogP contribution in [0.3, 0.4) is 0 Å². The molecule has 0 aliphatic carbocycles. The normalized spacial score (nSPS) is 12.9. The number of para-hydroxylation sites is 1. The first-order valence-electron chi connectivity index (χ1n) is 6.94. The SMILES string of the molecule is CC(CCc1ccco1)n1c(CCl)nc2cccc(Cl)c21. The van der Waals surface area contributed by atoms with Gasteiger partial charge in [-0.25, -0.2) is 4.98 Å². The number of imidazole rings is 1. The van der Waals surface area contributed by atoms with Gasteiger partial charge in [0.15, 0.2) is 0 Å². The van der Waals surface area contributed by atoms with Crippen LogP contribution in [0.25, 0.3) is 11.0 Å². The molecule has 0 fully saturated rings. The van der Waals surface area contributed by atoms with Crippen molar-refractivity contribution in [3.05, 3.63) is 53.2 Å². The number of furan rings is 1. The van der Waals surface area contributed by atoms with E-state index in [1.165, 1.54) is 0 Å². The molecule has 1 aromatic carbocycles. The standard InChI is InChI=1S/C16H16Cl2N2O/c1-11(7-8-12-4-3-9-21-12)20-15(10-17)19-14-6-2-5-13(18)16(14)20/h2-6,9,11H,7-8,10H2,1H3. The summed E-state index contributed by atoms with van der Waals surface area (Å²) in [5.41, 5.74) is 1.85. The zero-order valence-corrected chi connectivity index (χ0v) is 13.2. The summed E-state index contributed by atoms with van der Waals surface area (Å²) in [6.07, 6.45) is 3.52. The lowest BCUT2D eigenvalue weighted by atomic mass is 10.1. The van der Waals surface area contributed by atoms with Crippen LogP contribution in [0.1, 0.15) is 31.0 Å². The van der Waals surface area contributed by atoms with Crippen LogP contribution in [-0.4, -0.2) is 9.55 Å². The van der Waals surface area contributed by atoms with Gasteiger partial charge in [-0.1, -0.05) is 17.7 Å². The first-order valence-corrected chi connectivity index (χ1v) is 7.85. The molecule has 0 aliphatic rings. The molecule has 3 nitrogen and oxygen atoms in total. The van der Waals surface area contributed by atoms with Gasteiger partial charge in [0, 0.05) is 12.5 Å². The molecular formula is C16H16Cl2N2O. The summed E-state index contributed by atoms with van der Waals surface area (Å²) in [5, 5.41) is 0.709. The number of alkyl halides is 1.